The van der Waals surface area contributed by atoms with Gasteiger partial charge in [0.15, 0.2) is 0 Å². The molecule has 0 spiro atoms. The summed E-state index contributed by atoms with van der Waals surface area (Å²) in [7, 11) is 5.88. The first-order valence-corrected chi connectivity index (χ1v) is 12.8. The number of amides is 2. The van der Waals surface area contributed by atoms with Gasteiger partial charge in [0.1, 0.15) is 11.7 Å². The summed E-state index contributed by atoms with van der Waals surface area (Å²) in [6.07, 6.45) is 3.28. The fourth-order valence-electron chi connectivity index (χ4n) is 5.08. The molecule has 1 aliphatic carbocycles. The van der Waals surface area contributed by atoms with Crippen molar-refractivity contribution in [3.63, 3.8) is 0 Å². The number of aromatic nitrogens is 2. The van der Waals surface area contributed by atoms with Gasteiger partial charge < -0.3 is 19.9 Å². The molecule has 1 N–H and O–H groups in total. The van der Waals surface area contributed by atoms with Gasteiger partial charge in [-0.3, -0.25) is 19.1 Å². The fraction of sp³-hybridized carbons (Fsp3) is 0.769. The van der Waals surface area contributed by atoms with E-state index in [1.165, 1.54) is 0 Å². The molecule has 1 aromatic rings. The first kappa shape index (κ1) is 27.2. The van der Waals surface area contributed by atoms with Gasteiger partial charge in [-0.2, -0.15) is 5.10 Å². The lowest BCUT2D eigenvalue weighted by Gasteiger charge is -2.42. The predicted molar refractivity (Wildman–Crippen MR) is 134 cm³/mol. The molecule has 2 aliphatic rings. The number of aryl methyl sites for hydroxylation is 1. The van der Waals surface area contributed by atoms with Crippen LogP contribution in [0, 0.1) is 11.8 Å². The summed E-state index contributed by atoms with van der Waals surface area (Å²) in [6, 6.07) is 1.64. The van der Waals surface area contributed by atoms with E-state index in [4.69, 9.17) is 4.74 Å². The van der Waals surface area contributed by atoms with Gasteiger partial charge in [0.05, 0.1) is 18.2 Å². The van der Waals surface area contributed by atoms with Crippen molar-refractivity contribution in [1.29, 1.82) is 0 Å². The largest absolute Gasteiger partial charge is 0.465 e. The number of ether oxygens (including phenoxy) is 1. The Morgan fingerprint density at radius 3 is 2.49 bits per heavy atom. The zero-order chi connectivity index (χ0) is 26.1. The Bertz CT molecular complexity index is 933. The topological polar surface area (TPSA) is 96.8 Å². The van der Waals surface area contributed by atoms with Crippen LogP contribution in [0.25, 0.3) is 0 Å². The lowest BCUT2D eigenvalue weighted by molar-refractivity contribution is -0.150. The van der Waals surface area contributed by atoms with Crippen molar-refractivity contribution in [2.24, 2.45) is 18.9 Å². The Labute approximate surface area is 209 Å². The van der Waals surface area contributed by atoms with Crippen LogP contribution in [0.4, 0.5) is 0 Å². The molecule has 2 heterocycles. The molecule has 9 heteroatoms. The lowest BCUT2D eigenvalue weighted by atomic mass is 9.80. The van der Waals surface area contributed by atoms with Crippen LogP contribution in [-0.4, -0.2) is 82.7 Å². The molecule has 9 nitrogen and oxygen atoms in total. The Kier molecular flexibility index (Phi) is 8.29. The second-order valence-electron chi connectivity index (χ2n) is 11.7. The zero-order valence-corrected chi connectivity index (χ0v) is 22.6. The third-order valence-electron chi connectivity index (χ3n) is 7.38. The highest BCUT2D eigenvalue weighted by atomic mass is 16.5. The third kappa shape index (κ3) is 6.23. The minimum atomic E-state index is -0.555. The van der Waals surface area contributed by atoms with Gasteiger partial charge in [-0.25, -0.2) is 0 Å². The van der Waals surface area contributed by atoms with Crippen LogP contribution in [0.5, 0.6) is 0 Å². The first-order valence-electron chi connectivity index (χ1n) is 12.8. The Morgan fingerprint density at radius 2 is 1.91 bits per heavy atom. The maximum Gasteiger partial charge on any atom is 0.308 e. The van der Waals surface area contributed by atoms with E-state index in [0.717, 1.165) is 25.0 Å². The molecule has 1 unspecified atom stereocenters. The zero-order valence-electron chi connectivity index (χ0n) is 22.6. The van der Waals surface area contributed by atoms with Crippen molar-refractivity contribution in [3.8, 4) is 0 Å². The summed E-state index contributed by atoms with van der Waals surface area (Å²) in [5.74, 6) is -0.650. The number of nitrogens with one attached hydrogen (secondary N) is 1. The summed E-state index contributed by atoms with van der Waals surface area (Å²) < 4.78 is 7.19. The summed E-state index contributed by atoms with van der Waals surface area (Å²) >= 11 is 0. The highest BCUT2D eigenvalue weighted by Crippen LogP contribution is 2.33. The number of carbonyl (C=O) groups is 3. The SMILES string of the molecule is CC(C)C(=O)OC[C@@H]1C[C@H](N(C)C)CC[C@@H]1N1CCC(NC(=O)c2cc(C(C)(C)C)nn2C)C1=O. The number of carbonyl (C=O) groups excluding carboxylic acids is 3. The van der Waals surface area contributed by atoms with Crippen LogP contribution in [0.15, 0.2) is 6.07 Å². The van der Waals surface area contributed by atoms with Crippen molar-refractivity contribution in [1.82, 2.24) is 24.9 Å². The summed E-state index contributed by atoms with van der Waals surface area (Å²) in [5, 5.41) is 7.42. The van der Waals surface area contributed by atoms with Crippen molar-refractivity contribution < 1.29 is 19.1 Å². The monoisotopic (exact) mass is 489 g/mol. The minimum absolute atomic E-state index is 0.00441. The van der Waals surface area contributed by atoms with E-state index >= 15 is 0 Å². The van der Waals surface area contributed by atoms with Gasteiger partial charge in [-0.15, -0.1) is 0 Å². The number of hydrogen-bond donors (Lipinski definition) is 1. The standard InChI is InChI=1S/C26H43N5O4/c1-16(2)25(34)35-15-17-13-18(29(6)7)9-10-20(17)31-12-11-19(24(31)33)27-23(32)21-14-22(26(3,4)5)28-30(21)8/h14,16-20H,9-13,15H2,1-8H3,(H,27,32)/t17-,18+,19?,20-/m0/s1. The third-order valence-corrected chi connectivity index (χ3v) is 7.38. The summed E-state index contributed by atoms with van der Waals surface area (Å²) in [6.45, 7) is 10.7. The molecule has 35 heavy (non-hydrogen) atoms. The van der Waals surface area contributed by atoms with Crippen molar-refractivity contribution >= 4 is 17.8 Å². The second kappa shape index (κ2) is 10.7. The number of nitrogens with zero attached hydrogens (tertiary/aromatic N) is 4. The summed E-state index contributed by atoms with van der Waals surface area (Å²) in [4.78, 5) is 42.7. The molecule has 2 amide bonds. The maximum atomic E-state index is 13.4. The highest BCUT2D eigenvalue weighted by molar-refractivity contribution is 5.97. The van der Waals surface area contributed by atoms with Gasteiger partial charge in [0.25, 0.3) is 5.91 Å². The number of hydrogen-bond acceptors (Lipinski definition) is 6. The van der Waals surface area contributed by atoms with E-state index in [1.54, 1.807) is 17.8 Å². The smallest absolute Gasteiger partial charge is 0.308 e. The molecule has 2 fully saturated rings. The molecule has 4 atom stereocenters. The normalized spacial score (nSPS) is 25.4. The molecule has 0 radical (unpaired) electrons. The van der Waals surface area contributed by atoms with E-state index in [1.807, 2.05) is 18.7 Å². The van der Waals surface area contributed by atoms with Gasteiger partial charge >= 0.3 is 5.97 Å². The first-order chi connectivity index (χ1) is 16.3. The number of esters is 1. The van der Waals surface area contributed by atoms with E-state index in [9.17, 15) is 14.4 Å². The molecule has 3 rings (SSSR count). The molecule has 0 aromatic carbocycles. The van der Waals surface area contributed by atoms with E-state index in [0.29, 0.717) is 31.3 Å². The molecule has 1 aromatic heterocycles. The molecule has 1 aliphatic heterocycles. The Morgan fingerprint density at radius 1 is 1.23 bits per heavy atom. The van der Waals surface area contributed by atoms with Gasteiger partial charge in [0.2, 0.25) is 5.91 Å². The van der Waals surface area contributed by atoms with Gasteiger partial charge in [0, 0.05) is 37.0 Å². The lowest BCUT2D eigenvalue weighted by Crippen LogP contribution is -2.52. The molecule has 1 saturated heterocycles. The average Bonchev–Trinajstić information content (AvgIpc) is 3.34. The van der Waals surface area contributed by atoms with Crippen molar-refractivity contribution in [3.05, 3.63) is 17.5 Å². The van der Waals surface area contributed by atoms with Gasteiger partial charge in [-0.05, 0) is 45.8 Å². The molecule has 196 valence electrons. The van der Waals surface area contributed by atoms with Crippen LogP contribution < -0.4 is 5.32 Å². The van der Waals surface area contributed by atoms with Crippen LogP contribution >= 0.6 is 0 Å². The van der Waals surface area contributed by atoms with Crippen molar-refractivity contribution in [2.45, 2.75) is 83.8 Å². The van der Waals surface area contributed by atoms with E-state index in [2.05, 4.69) is 50.2 Å². The van der Waals surface area contributed by atoms with Crippen LogP contribution in [0.3, 0.4) is 0 Å². The highest BCUT2D eigenvalue weighted by Gasteiger charge is 2.43. The van der Waals surface area contributed by atoms with E-state index in [-0.39, 0.29) is 41.1 Å². The molecule has 1 saturated carbocycles. The Hall–Kier alpha value is -2.42. The molecular weight excluding hydrogens is 446 g/mol. The van der Waals surface area contributed by atoms with Crippen LogP contribution in [-0.2, 0) is 26.8 Å². The minimum Gasteiger partial charge on any atom is -0.465 e. The quantitative estimate of drug-likeness (QED) is 0.591. The molecular formula is C26H43N5O4. The van der Waals surface area contributed by atoms with Gasteiger partial charge in [-0.1, -0.05) is 34.6 Å². The van der Waals surface area contributed by atoms with Crippen molar-refractivity contribution in [2.75, 3.05) is 27.2 Å². The maximum absolute atomic E-state index is 13.4. The average molecular weight is 490 g/mol. The Balaban J connectivity index is 1.69. The summed E-state index contributed by atoms with van der Waals surface area (Å²) in [5.41, 5.74) is 1.11. The number of rotatable bonds is 7. The van der Waals surface area contributed by atoms with Crippen LogP contribution in [0.2, 0.25) is 0 Å². The second-order valence-corrected chi connectivity index (χ2v) is 11.7. The number of likely N-dealkylation sites (tertiary alicyclic amines) is 1. The predicted octanol–water partition coefficient (Wildman–Crippen LogP) is 2.35. The fourth-order valence-corrected chi connectivity index (χ4v) is 5.08. The van der Waals surface area contributed by atoms with Crippen LogP contribution in [0.1, 0.15) is 76.5 Å². The van der Waals surface area contributed by atoms with E-state index < -0.39 is 6.04 Å². The molecule has 0 bridgehead atoms.